The number of halogens is 1. The number of fused-ring (bicyclic) bond motifs is 1. The van der Waals surface area contributed by atoms with Crippen molar-refractivity contribution < 1.29 is 14.3 Å². The van der Waals surface area contributed by atoms with E-state index in [9.17, 15) is 14.9 Å². The lowest BCUT2D eigenvalue weighted by Gasteiger charge is -2.05. The zero-order valence-electron chi connectivity index (χ0n) is 12.5. The Morgan fingerprint density at radius 1 is 1.46 bits per heavy atom. The van der Waals surface area contributed by atoms with Crippen molar-refractivity contribution in [3.05, 3.63) is 45.1 Å². The Labute approximate surface area is 147 Å². The summed E-state index contributed by atoms with van der Waals surface area (Å²) in [4.78, 5) is 28.8. The molecule has 24 heavy (non-hydrogen) atoms. The lowest BCUT2D eigenvalue weighted by atomic mass is 10.1. The molecule has 8 heteroatoms. The number of aromatic nitrogens is 1. The van der Waals surface area contributed by atoms with Crippen LogP contribution in [0.25, 0.3) is 0 Å². The third-order valence-corrected chi connectivity index (χ3v) is 4.99. The van der Waals surface area contributed by atoms with E-state index in [1.807, 2.05) is 0 Å². The summed E-state index contributed by atoms with van der Waals surface area (Å²) in [5, 5.41) is 12.8. The number of nitrogens with one attached hydrogen (secondary N) is 1. The van der Waals surface area contributed by atoms with Crippen molar-refractivity contribution in [3.63, 3.8) is 0 Å². The fraction of sp³-hybridized carbons (Fsp3) is 0.250. The molecule has 1 aliphatic rings. The molecule has 0 unspecified atom stereocenters. The summed E-state index contributed by atoms with van der Waals surface area (Å²) in [6.45, 7) is -0.458. The number of hydrogen-bond donors (Lipinski definition) is 1. The zero-order chi connectivity index (χ0) is 17.1. The number of hydrogen-bond acceptors (Lipinski definition) is 6. The number of anilines is 1. The third kappa shape index (κ3) is 3.40. The molecule has 0 aromatic carbocycles. The van der Waals surface area contributed by atoms with Gasteiger partial charge in [-0.3, -0.25) is 4.79 Å². The molecular weight excluding hydrogens is 350 g/mol. The second-order valence-electron chi connectivity index (χ2n) is 5.16. The van der Waals surface area contributed by atoms with E-state index in [1.165, 1.54) is 29.7 Å². The Kier molecular flexibility index (Phi) is 4.79. The standard InChI is InChI=1S/C16H12ClN3O3S/c17-9-4-5-19-12(6-9)16(22)23-8-14(21)20-15-11(7-18)10-2-1-3-13(10)24-15/h4-6H,1-3,8H2,(H,20,21). The molecule has 2 aromatic rings. The first-order valence-electron chi connectivity index (χ1n) is 7.21. The van der Waals surface area contributed by atoms with Crippen LogP contribution in [-0.2, 0) is 22.4 Å². The minimum absolute atomic E-state index is 0.0307. The molecule has 0 spiro atoms. The van der Waals surface area contributed by atoms with E-state index in [1.54, 1.807) is 0 Å². The van der Waals surface area contributed by atoms with Gasteiger partial charge >= 0.3 is 5.97 Å². The Hall–Kier alpha value is -2.43. The molecule has 3 rings (SSSR count). The maximum Gasteiger partial charge on any atom is 0.357 e. The first-order chi connectivity index (χ1) is 11.6. The van der Waals surface area contributed by atoms with Gasteiger partial charge in [0.05, 0.1) is 5.56 Å². The predicted octanol–water partition coefficient (Wildman–Crippen LogP) is 2.95. The maximum absolute atomic E-state index is 12.0. The number of ether oxygens (including phenoxy) is 1. The lowest BCUT2D eigenvalue weighted by molar-refractivity contribution is -0.119. The second kappa shape index (κ2) is 6.99. The van der Waals surface area contributed by atoms with Gasteiger partial charge in [0, 0.05) is 16.1 Å². The van der Waals surface area contributed by atoms with Crippen LogP contribution in [0.4, 0.5) is 5.00 Å². The minimum atomic E-state index is -0.734. The highest BCUT2D eigenvalue weighted by molar-refractivity contribution is 7.16. The van der Waals surface area contributed by atoms with Gasteiger partial charge in [0.15, 0.2) is 6.61 Å². The number of rotatable bonds is 4. The van der Waals surface area contributed by atoms with Crippen molar-refractivity contribution in [1.29, 1.82) is 5.26 Å². The van der Waals surface area contributed by atoms with Gasteiger partial charge in [0.2, 0.25) is 0 Å². The summed E-state index contributed by atoms with van der Waals surface area (Å²) in [5.41, 5.74) is 1.57. The Balaban J connectivity index is 1.61. The summed E-state index contributed by atoms with van der Waals surface area (Å²) >= 11 is 7.18. The normalized spacial score (nSPS) is 12.3. The van der Waals surface area contributed by atoms with Crippen LogP contribution >= 0.6 is 22.9 Å². The molecule has 2 heterocycles. The van der Waals surface area contributed by atoms with Gasteiger partial charge in [-0.15, -0.1) is 11.3 Å². The number of esters is 1. The first kappa shape index (κ1) is 16.4. The molecule has 0 radical (unpaired) electrons. The minimum Gasteiger partial charge on any atom is -0.451 e. The van der Waals surface area contributed by atoms with E-state index in [0.717, 1.165) is 29.7 Å². The van der Waals surface area contributed by atoms with Crippen LogP contribution in [0.15, 0.2) is 18.3 Å². The predicted molar refractivity (Wildman–Crippen MR) is 89.2 cm³/mol. The van der Waals surface area contributed by atoms with E-state index in [4.69, 9.17) is 16.3 Å². The van der Waals surface area contributed by atoms with Gasteiger partial charge in [-0.05, 0) is 37.0 Å². The third-order valence-electron chi connectivity index (χ3n) is 3.55. The van der Waals surface area contributed by atoms with E-state index in [2.05, 4.69) is 16.4 Å². The van der Waals surface area contributed by atoms with Crippen LogP contribution in [0.1, 0.15) is 32.9 Å². The lowest BCUT2D eigenvalue weighted by Crippen LogP contribution is -2.21. The molecule has 1 aliphatic carbocycles. The fourth-order valence-electron chi connectivity index (χ4n) is 2.49. The van der Waals surface area contributed by atoms with Gasteiger partial charge in [0.25, 0.3) is 5.91 Å². The highest BCUT2D eigenvalue weighted by Gasteiger charge is 2.23. The van der Waals surface area contributed by atoms with Gasteiger partial charge in [-0.2, -0.15) is 5.26 Å². The number of thiophene rings is 1. The van der Waals surface area contributed by atoms with E-state index >= 15 is 0 Å². The number of nitriles is 1. The smallest absolute Gasteiger partial charge is 0.357 e. The molecular formula is C16H12ClN3O3S. The number of amides is 1. The van der Waals surface area contributed by atoms with Gasteiger partial charge < -0.3 is 10.1 Å². The summed E-state index contributed by atoms with van der Waals surface area (Å²) < 4.78 is 4.92. The van der Waals surface area contributed by atoms with Crippen molar-refractivity contribution in [3.8, 4) is 6.07 Å². The van der Waals surface area contributed by atoms with E-state index < -0.39 is 18.5 Å². The highest BCUT2D eigenvalue weighted by Crippen LogP contribution is 2.38. The molecule has 0 bridgehead atoms. The Morgan fingerprint density at radius 2 is 2.29 bits per heavy atom. The van der Waals surface area contributed by atoms with Crippen molar-refractivity contribution in [2.75, 3.05) is 11.9 Å². The molecule has 122 valence electrons. The van der Waals surface area contributed by atoms with Crippen molar-refractivity contribution >= 4 is 39.8 Å². The number of carbonyl (C=O) groups is 2. The monoisotopic (exact) mass is 361 g/mol. The molecule has 0 saturated heterocycles. The quantitative estimate of drug-likeness (QED) is 0.845. The van der Waals surface area contributed by atoms with Gasteiger partial charge in [0.1, 0.15) is 16.8 Å². The van der Waals surface area contributed by atoms with Crippen molar-refractivity contribution in [2.24, 2.45) is 0 Å². The van der Waals surface area contributed by atoms with E-state index in [0.29, 0.717) is 15.6 Å². The second-order valence-corrected chi connectivity index (χ2v) is 6.70. The SMILES string of the molecule is N#Cc1c(NC(=O)COC(=O)c2cc(Cl)ccn2)sc2c1CCC2. The molecule has 0 aliphatic heterocycles. The van der Waals surface area contributed by atoms with Gasteiger partial charge in [-0.1, -0.05) is 11.6 Å². The number of pyridine rings is 1. The summed E-state index contributed by atoms with van der Waals surface area (Å²) in [6, 6.07) is 5.03. The Morgan fingerprint density at radius 3 is 3.04 bits per heavy atom. The van der Waals surface area contributed by atoms with Crippen LogP contribution in [-0.4, -0.2) is 23.5 Å². The van der Waals surface area contributed by atoms with E-state index in [-0.39, 0.29) is 5.69 Å². The molecule has 0 fully saturated rings. The fourth-order valence-corrected chi connectivity index (χ4v) is 3.91. The van der Waals surface area contributed by atoms with Crippen LogP contribution in [0.5, 0.6) is 0 Å². The summed E-state index contributed by atoms with van der Waals surface area (Å²) in [6.07, 6.45) is 4.21. The van der Waals surface area contributed by atoms with Crippen molar-refractivity contribution in [1.82, 2.24) is 4.98 Å². The molecule has 2 aromatic heterocycles. The summed E-state index contributed by atoms with van der Waals surface area (Å²) in [5.74, 6) is -1.23. The van der Waals surface area contributed by atoms with Crippen LogP contribution in [0.2, 0.25) is 5.02 Å². The first-order valence-corrected chi connectivity index (χ1v) is 8.41. The molecule has 0 atom stereocenters. The summed E-state index contributed by atoms with van der Waals surface area (Å²) in [7, 11) is 0. The molecule has 6 nitrogen and oxygen atoms in total. The molecule has 1 amide bonds. The van der Waals surface area contributed by atoms with Crippen LogP contribution in [0, 0.1) is 11.3 Å². The molecule has 0 saturated carbocycles. The maximum atomic E-state index is 12.0. The average Bonchev–Trinajstić information content (AvgIpc) is 3.13. The highest BCUT2D eigenvalue weighted by atomic mass is 35.5. The van der Waals surface area contributed by atoms with Gasteiger partial charge in [-0.25, -0.2) is 9.78 Å². The van der Waals surface area contributed by atoms with Crippen molar-refractivity contribution in [2.45, 2.75) is 19.3 Å². The average molecular weight is 362 g/mol. The van der Waals surface area contributed by atoms with Crippen LogP contribution < -0.4 is 5.32 Å². The number of nitrogens with zero attached hydrogens (tertiary/aromatic N) is 2. The largest absolute Gasteiger partial charge is 0.451 e. The number of aryl methyl sites for hydroxylation is 1. The number of carbonyl (C=O) groups excluding carboxylic acids is 2. The molecule has 1 N–H and O–H groups in total. The zero-order valence-corrected chi connectivity index (χ0v) is 14.0. The topological polar surface area (TPSA) is 92.1 Å². The van der Waals surface area contributed by atoms with Crippen LogP contribution in [0.3, 0.4) is 0 Å². The Bertz CT molecular complexity index is 857.